The van der Waals surface area contributed by atoms with Gasteiger partial charge in [-0.05, 0) is 0 Å². The normalized spacial score (nSPS) is 25.8. The molecule has 0 radical (unpaired) electrons. The van der Waals surface area contributed by atoms with Gasteiger partial charge in [0.15, 0.2) is 0 Å². The van der Waals surface area contributed by atoms with Crippen molar-refractivity contribution < 1.29 is 49.9 Å². The standard InChI is InChI=1S/C21H27ClIO6/c22-14-6-5-7-15(12-14)29-23-20(26)11-10-17-16(18(24)13-19(17)25)8-3-1-2-4-9-21(27)28/h1,3,5-7,10-12,16-20,24-26H,2,4,8-9,13H2,(H,27,28)/q-1/b3-1-,11-10+/t16-,17-,18+,19-,20-/m1/s1. The molecule has 0 amide bonds. The van der Waals surface area contributed by atoms with E-state index in [0.717, 1.165) is 0 Å². The van der Waals surface area contributed by atoms with Gasteiger partial charge in [0.25, 0.3) is 0 Å². The van der Waals surface area contributed by atoms with Crippen molar-refractivity contribution in [2.75, 3.05) is 0 Å². The fourth-order valence-electron chi connectivity index (χ4n) is 3.31. The van der Waals surface area contributed by atoms with Gasteiger partial charge in [0.05, 0.1) is 0 Å². The van der Waals surface area contributed by atoms with Crippen LogP contribution in [0.2, 0.25) is 5.02 Å². The van der Waals surface area contributed by atoms with Crippen LogP contribution in [-0.2, 0) is 4.79 Å². The van der Waals surface area contributed by atoms with Crippen LogP contribution in [0.3, 0.4) is 0 Å². The molecule has 4 N–H and O–H groups in total. The van der Waals surface area contributed by atoms with E-state index >= 15 is 0 Å². The zero-order chi connectivity index (χ0) is 21.2. The number of benzene rings is 1. The van der Waals surface area contributed by atoms with Gasteiger partial charge in [0.1, 0.15) is 0 Å². The first-order valence-corrected chi connectivity index (χ1v) is 12.0. The SMILES string of the molecule is O=C(O)CCC/C=C\C[C@@H]1[C@@H](/C=C/[C@@H](O)[I-]Oc2cccc(Cl)c2)[C@H](O)C[C@@H]1O. The molecule has 0 saturated heterocycles. The Labute approximate surface area is 186 Å². The van der Waals surface area contributed by atoms with E-state index in [4.69, 9.17) is 19.8 Å². The van der Waals surface area contributed by atoms with E-state index in [2.05, 4.69) is 0 Å². The molecule has 2 rings (SSSR count). The van der Waals surface area contributed by atoms with Gasteiger partial charge in [0, 0.05) is 0 Å². The van der Waals surface area contributed by atoms with Crippen molar-refractivity contribution in [3.63, 3.8) is 0 Å². The predicted molar refractivity (Wildman–Crippen MR) is 106 cm³/mol. The maximum absolute atomic E-state index is 10.5. The van der Waals surface area contributed by atoms with Crippen molar-refractivity contribution >= 4 is 17.6 Å². The van der Waals surface area contributed by atoms with Gasteiger partial charge < -0.3 is 5.11 Å². The van der Waals surface area contributed by atoms with Gasteiger partial charge >= 0.3 is 177 Å². The van der Waals surface area contributed by atoms with E-state index in [-0.39, 0.29) is 18.3 Å². The van der Waals surface area contributed by atoms with Crippen molar-refractivity contribution in [3.05, 3.63) is 53.6 Å². The van der Waals surface area contributed by atoms with E-state index in [0.29, 0.717) is 36.5 Å². The average molecular weight is 538 g/mol. The molecule has 0 spiro atoms. The first kappa shape index (κ1) is 24.1. The van der Waals surface area contributed by atoms with Gasteiger partial charge in [-0.25, -0.2) is 0 Å². The molecular formula is C21H27ClIO6-. The summed E-state index contributed by atoms with van der Waals surface area (Å²) in [6.45, 7) is 0. The minimum atomic E-state index is -1.01. The summed E-state index contributed by atoms with van der Waals surface area (Å²) in [5.41, 5.74) is 0. The van der Waals surface area contributed by atoms with Crippen molar-refractivity contribution in [3.8, 4) is 5.75 Å². The van der Waals surface area contributed by atoms with Crippen molar-refractivity contribution in [1.82, 2.24) is 0 Å². The molecule has 29 heavy (non-hydrogen) atoms. The second-order valence-electron chi connectivity index (χ2n) is 6.99. The Bertz CT molecular complexity index is 710. The molecule has 1 aliphatic rings. The van der Waals surface area contributed by atoms with Crippen LogP contribution in [0.4, 0.5) is 0 Å². The van der Waals surface area contributed by atoms with Crippen molar-refractivity contribution in [2.45, 2.75) is 48.4 Å². The number of allylic oxidation sites excluding steroid dienone is 2. The van der Waals surface area contributed by atoms with E-state index in [1.807, 2.05) is 12.2 Å². The summed E-state index contributed by atoms with van der Waals surface area (Å²) in [7, 11) is 0. The van der Waals surface area contributed by atoms with Crippen molar-refractivity contribution in [2.24, 2.45) is 11.8 Å². The number of carboxylic acid groups (broad SMARTS) is 1. The van der Waals surface area contributed by atoms with Crippen LogP contribution >= 0.6 is 11.6 Å². The summed E-state index contributed by atoms with van der Waals surface area (Å²) in [6.07, 6.45) is 8.25. The number of halogens is 2. The number of carbonyl (C=O) groups is 1. The predicted octanol–water partition coefficient (Wildman–Crippen LogP) is 0.156. The van der Waals surface area contributed by atoms with E-state index in [1.165, 1.54) is 0 Å². The molecular weight excluding hydrogens is 511 g/mol. The molecule has 0 aliphatic heterocycles. The number of aliphatic carboxylic acids is 1. The molecule has 162 valence electrons. The Hall–Kier alpha value is -1.13. The van der Waals surface area contributed by atoms with Gasteiger partial charge in [0.2, 0.25) is 0 Å². The molecule has 0 heterocycles. The Morgan fingerprint density at radius 3 is 2.83 bits per heavy atom. The molecule has 6 nitrogen and oxygen atoms in total. The first-order chi connectivity index (χ1) is 13.9. The Kier molecular flexibility index (Phi) is 10.4. The van der Waals surface area contributed by atoms with Crippen LogP contribution in [0.15, 0.2) is 48.6 Å². The molecule has 1 aliphatic carbocycles. The van der Waals surface area contributed by atoms with Crippen LogP contribution in [-0.4, -0.2) is 42.7 Å². The number of aliphatic hydroxyl groups is 3. The summed E-state index contributed by atoms with van der Waals surface area (Å²) in [6, 6.07) is 6.99. The Morgan fingerprint density at radius 2 is 2.10 bits per heavy atom. The zero-order valence-corrected chi connectivity index (χ0v) is 18.8. The van der Waals surface area contributed by atoms with E-state index < -0.39 is 43.9 Å². The number of unbranched alkanes of at least 4 members (excludes halogenated alkanes) is 1. The topological polar surface area (TPSA) is 107 Å². The zero-order valence-electron chi connectivity index (χ0n) is 15.9. The number of alkyl halides is 1. The monoisotopic (exact) mass is 537 g/mol. The van der Waals surface area contributed by atoms with Crippen molar-refractivity contribution in [1.29, 1.82) is 0 Å². The second kappa shape index (κ2) is 12.5. The number of hydrogen-bond donors (Lipinski definition) is 4. The molecule has 8 heteroatoms. The van der Waals surface area contributed by atoms with E-state index in [1.54, 1.807) is 36.4 Å². The van der Waals surface area contributed by atoms with Gasteiger partial charge in [-0.2, -0.15) is 0 Å². The third-order valence-corrected chi connectivity index (χ3v) is 6.70. The van der Waals surface area contributed by atoms with Crippen LogP contribution in [0, 0.1) is 11.8 Å². The molecule has 0 aromatic heterocycles. The fraction of sp³-hybridized carbons (Fsp3) is 0.476. The van der Waals surface area contributed by atoms with Crippen LogP contribution in [0.25, 0.3) is 0 Å². The number of rotatable bonds is 11. The summed E-state index contributed by atoms with van der Waals surface area (Å²) >= 11 is 4.90. The number of aliphatic hydroxyl groups excluding tert-OH is 3. The molecule has 1 saturated carbocycles. The summed E-state index contributed by atoms with van der Waals surface area (Å²) in [5, 5.41) is 39.9. The third-order valence-electron chi connectivity index (χ3n) is 4.77. The quantitative estimate of drug-likeness (QED) is 0.139. The van der Waals surface area contributed by atoms with E-state index in [9.17, 15) is 20.1 Å². The molecule has 1 aromatic rings. The maximum atomic E-state index is 10.5. The first-order valence-electron chi connectivity index (χ1n) is 9.52. The third kappa shape index (κ3) is 8.64. The molecule has 0 bridgehead atoms. The van der Waals surface area contributed by atoms with Gasteiger partial charge in [-0.3, -0.25) is 4.79 Å². The second-order valence-corrected chi connectivity index (χ2v) is 9.65. The summed E-state index contributed by atoms with van der Waals surface area (Å²) in [4.78, 5) is 10.5. The number of carboxylic acids is 1. The molecule has 0 unspecified atom stereocenters. The van der Waals surface area contributed by atoms with Gasteiger partial charge in [-0.1, -0.05) is 0 Å². The van der Waals surface area contributed by atoms with Crippen LogP contribution in [0.1, 0.15) is 32.1 Å². The summed E-state index contributed by atoms with van der Waals surface area (Å²) in [5.74, 6) is -0.589. The van der Waals surface area contributed by atoms with Gasteiger partial charge in [-0.15, -0.1) is 0 Å². The summed E-state index contributed by atoms with van der Waals surface area (Å²) < 4.78 is 4.87. The average Bonchev–Trinajstić information content (AvgIpc) is 2.93. The fourth-order valence-corrected chi connectivity index (χ4v) is 4.73. The molecule has 1 aromatic carbocycles. The minimum absolute atomic E-state index is 0.138. The van der Waals surface area contributed by atoms with Crippen LogP contribution < -0.4 is 24.7 Å². The Morgan fingerprint density at radius 1 is 1.31 bits per heavy atom. The number of hydrogen-bond acceptors (Lipinski definition) is 5. The molecule has 1 fully saturated rings. The Balaban J connectivity index is 1.83. The molecule has 5 atom stereocenters. The van der Waals surface area contributed by atoms with Crippen LogP contribution in [0.5, 0.6) is 5.75 Å².